The number of hydrogen-bond donors (Lipinski definition) is 3. The van der Waals surface area contributed by atoms with Crippen LogP contribution in [0.1, 0.15) is 45.4 Å². The molecule has 22 heavy (non-hydrogen) atoms. The molecule has 0 aliphatic heterocycles. The average Bonchev–Trinajstić information content (AvgIpc) is 2.92. The summed E-state index contributed by atoms with van der Waals surface area (Å²) in [5.74, 6) is 0. The molecule has 1 fully saturated rings. The predicted molar refractivity (Wildman–Crippen MR) is 97.1 cm³/mol. The highest BCUT2D eigenvalue weighted by atomic mass is 14.9. The molecule has 1 saturated carbocycles. The Morgan fingerprint density at radius 1 is 1.32 bits per heavy atom. The molecule has 0 spiro atoms. The van der Waals surface area contributed by atoms with Crippen LogP contribution < -0.4 is 16.8 Å². The zero-order valence-corrected chi connectivity index (χ0v) is 13.9. The minimum atomic E-state index is 0.714. The topological polar surface area (TPSA) is 64.1 Å². The van der Waals surface area contributed by atoms with Crippen LogP contribution in [0.4, 0.5) is 0 Å². The zero-order chi connectivity index (χ0) is 16.2. The summed E-state index contributed by atoms with van der Waals surface area (Å²) in [5.41, 5.74) is 16.2. The third-order valence-corrected chi connectivity index (χ3v) is 3.71. The van der Waals surface area contributed by atoms with E-state index >= 15 is 0 Å². The first kappa shape index (κ1) is 18.3. The molecule has 122 valence electrons. The molecule has 0 heterocycles. The fourth-order valence-electron chi connectivity index (χ4n) is 2.44. The van der Waals surface area contributed by atoms with Crippen molar-refractivity contribution in [1.29, 1.82) is 0 Å². The van der Waals surface area contributed by atoms with Gasteiger partial charge in [0.15, 0.2) is 0 Å². The summed E-state index contributed by atoms with van der Waals surface area (Å²) in [6.45, 7) is 7.80. The number of allylic oxidation sites excluding steroid dienone is 6. The van der Waals surface area contributed by atoms with Gasteiger partial charge in [0.25, 0.3) is 0 Å². The summed E-state index contributed by atoms with van der Waals surface area (Å²) in [6, 6.07) is 0. The van der Waals surface area contributed by atoms with Gasteiger partial charge in [-0.25, -0.2) is 0 Å². The molecule has 0 saturated heterocycles. The second-order valence-electron chi connectivity index (χ2n) is 5.85. The second kappa shape index (κ2) is 10.9. The van der Waals surface area contributed by atoms with Gasteiger partial charge in [-0.2, -0.15) is 0 Å². The highest BCUT2D eigenvalue weighted by Crippen LogP contribution is 2.28. The Morgan fingerprint density at radius 3 is 2.77 bits per heavy atom. The first-order chi connectivity index (χ1) is 10.7. The van der Waals surface area contributed by atoms with E-state index in [1.54, 1.807) is 6.20 Å². The van der Waals surface area contributed by atoms with Gasteiger partial charge in [-0.1, -0.05) is 41.5 Å². The van der Waals surface area contributed by atoms with Crippen LogP contribution in [-0.4, -0.2) is 13.1 Å². The van der Waals surface area contributed by atoms with Gasteiger partial charge in [0, 0.05) is 18.4 Å². The van der Waals surface area contributed by atoms with E-state index < -0.39 is 0 Å². The Kier molecular flexibility index (Phi) is 9.08. The third-order valence-electron chi connectivity index (χ3n) is 3.71. The van der Waals surface area contributed by atoms with Gasteiger partial charge < -0.3 is 16.8 Å². The lowest BCUT2D eigenvalue weighted by atomic mass is 10.2. The standard InChI is InChI=1S/C19H31N3/c1-16(8-6-11-20)7-4-3-5-12-22-19(15-21)14-18-10-9-17(2)13-18/h4,7-8,14-15,22H,2-3,5-6,9-13,20-21H2,1H3/b7-4-,16-8-,18-14-,19-15+. The van der Waals surface area contributed by atoms with E-state index in [4.69, 9.17) is 11.5 Å². The van der Waals surface area contributed by atoms with Crippen LogP contribution in [0.2, 0.25) is 0 Å². The lowest BCUT2D eigenvalue weighted by Gasteiger charge is -2.07. The molecule has 0 radical (unpaired) electrons. The summed E-state index contributed by atoms with van der Waals surface area (Å²) >= 11 is 0. The van der Waals surface area contributed by atoms with Crippen LogP contribution in [0.5, 0.6) is 0 Å². The molecule has 1 aliphatic carbocycles. The summed E-state index contributed by atoms with van der Waals surface area (Å²) in [5, 5.41) is 3.40. The number of nitrogens with two attached hydrogens (primary N) is 2. The van der Waals surface area contributed by atoms with Crippen LogP contribution in [0.3, 0.4) is 0 Å². The van der Waals surface area contributed by atoms with E-state index in [0.29, 0.717) is 6.54 Å². The molecule has 5 N–H and O–H groups in total. The Bertz CT molecular complexity index is 467. The molecular formula is C19H31N3. The van der Waals surface area contributed by atoms with E-state index in [1.165, 1.54) is 16.7 Å². The van der Waals surface area contributed by atoms with Gasteiger partial charge in [0.2, 0.25) is 0 Å². The zero-order valence-electron chi connectivity index (χ0n) is 13.9. The van der Waals surface area contributed by atoms with Gasteiger partial charge in [-0.15, -0.1) is 0 Å². The molecule has 0 unspecified atom stereocenters. The molecule has 0 aromatic carbocycles. The minimum absolute atomic E-state index is 0.714. The highest BCUT2D eigenvalue weighted by molar-refractivity contribution is 5.29. The SMILES string of the molecule is C=C1CC/C(=C/C(=C\N)NCCC/C=C\C(C)=C/CCN)C1. The van der Waals surface area contributed by atoms with E-state index in [-0.39, 0.29) is 0 Å². The van der Waals surface area contributed by atoms with Crippen molar-refractivity contribution >= 4 is 0 Å². The van der Waals surface area contributed by atoms with Gasteiger partial charge in [-0.3, -0.25) is 0 Å². The third kappa shape index (κ3) is 7.89. The normalized spacial score (nSPS) is 18.6. The fraction of sp³-hybridized carbons (Fsp3) is 0.474. The quantitative estimate of drug-likeness (QED) is 0.346. The van der Waals surface area contributed by atoms with Gasteiger partial charge in [0.1, 0.15) is 0 Å². The molecule has 1 aliphatic rings. The maximum atomic E-state index is 5.69. The molecule has 0 aromatic heterocycles. The van der Waals surface area contributed by atoms with Crippen molar-refractivity contribution < 1.29 is 0 Å². The van der Waals surface area contributed by atoms with E-state index in [9.17, 15) is 0 Å². The Morgan fingerprint density at radius 2 is 2.14 bits per heavy atom. The average molecular weight is 301 g/mol. The van der Waals surface area contributed by atoms with E-state index in [2.05, 4.69) is 43.1 Å². The van der Waals surface area contributed by atoms with Crippen molar-refractivity contribution in [2.24, 2.45) is 11.5 Å². The summed E-state index contributed by atoms with van der Waals surface area (Å²) in [7, 11) is 0. The van der Waals surface area contributed by atoms with Crippen LogP contribution >= 0.6 is 0 Å². The van der Waals surface area contributed by atoms with Crippen molar-refractivity contribution in [3.63, 3.8) is 0 Å². The number of hydrogen-bond acceptors (Lipinski definition) is 3. The Labute approximate surface area is 135 Å². The number of rotatable bonds is 9. The number of unbranched alkanes of at least 4 members (excludes halogenated alkanes) is 1. The van der Waals surface area contributed by atoms with Gasteiger partial charge in [-0.05, 0) is 58.1 Å². The van der Waals surface area contributed by atoms with Crippen LogP contribution in [0.25, 0.3) is 0 Å². The first-order valence-electron chi connectivity index (χ1n) is 8.21. The highest BCUT2D eigenvalue weighted by Gasteiger charge is 2.10. The van der Waals surface area contributed by atoms with Crippen molar-refractivity contribution in [1.82, 2.24) is 5.32 Å². The smallest absolute Gasteiger partial charge is 0.0497 e. The van der Waals surface area contributed by atoms with Gasteiger partial charge >= 0.3 is 0 Å². The largest absolute Gasteiger partial charge is 0.403 e. The van der Waals surface area contributed by atoms with Gasteiger partial charge in [0.05, 0.1) is 0 Å². The lowest BCUT2D eigenvalue weighted by Crippen LogP contribution is -2.14. The second-order valence-corrected chi connectivity index (χ2v) is 5.85. The molecular weight excluding hydrogens is 270 g/mol. The molecule has 3 nitrogen and oxygen atoms in total. The van der Waals surface area contributed by atoms with Crippen LogP contribution in [0, 0.1) is 0 Å². The van der Waals surface area contributed by atoms with Crippen molar-refractivity contribution in [2.75, 3.05) is 13.1 Å². The molecule has 0 bridgehead atoms. The summed E-state index contributed by atoms with van der Waals surface area (Å²) in [4.78, 5) is 0. The molecule has 0 aromatic rings. The van der Waals surface area contributed by atoms with Crippen molar-refractivity contribution in [2.45, 2.75) is 45.4 Å². The fourth-order valence-corrected chi connectivity index (χ4v) is 2.44. The minimum Gasteiger partial charge on any atom is -0.403 e. The molecule has 1 rings (SSSR count). The monoisotopic (exact) mass is 301 g/mol. The molecule has 0 amide bonds. The van der Waals surface area contributed by atoms with Crippen molar-refractivity contribution in [3.8, 4) is 0 Å². The van der Waals surface area contributed by atoms with Crippen molar-refractivity contribution in [3.05, 3.63) is 59.5 Å². The van der Waals surface area contributed by atoms with E-state index in [1.807, 2.05) is 0 Å². The Balaban J connectivity index is 2.23. The maximum absolute atomic E-state index is 5.69. The number of nitrogens with one attached hydrogen (secondary N) is 1. The van der Waals surface area contributed by atoms with E-state index in [0.717, 1.165) is 50.8 Å². The Hall–Kier alpha value is -1.74. The predicted octanol–water partition coefficient (Wildman–Crippen LogP) is 3.67. The van der Waals surface area contributed by atoms with Crippen LogP contribution in [0.15, 0.2) is 59.5 Å². The summed E-state index contributed by atoms with van der Waals surface area (Å²) < 4.78 is 0. The molecule has 3 heteroatoms. The van der Waals surface area contributed by atoms with Crippen LogP contribution in [-0.2, 0) is 0 Å². The lowest BCUT2D eigenvalue weighted by molar-refractivity contribution is 0.742. The molecule has 0 atom stereocenters. The maximum Gasteiger partial charge on any atom is 0.0497 e. The first-order valence-corrected chi connectivity index (χ1v) is 8.21. The summed E-state index contributed by atoms with van der Waals surface area (Å²) in [6.07, 6.45) is 16.7.